The number of methoxy groups -OCH3 is 1. The first-order valence-corrected chi connectivity index (χ1v) is 13.6. The second-order valence-electron chi connectivity index (χ2n) is 9.28. The standard InChI is InChI=1S/C29H27F3N2O3S/c1-20-28(26-8-3-4-9-27(26)34(20)19-21-10-12-24(37-2)13-11-21)22-14-16-33(17-15-22)38(35,36)25-7-5-6-23(18-25)29(30,31)32/h3-14,18H,15-17,19H2,1-2H3. The molecule has 0 fully saturated rings. The first-order valence-electron chi connectivity index (χ1n) is 12.2. The predicted molar refractivity (Wildman–Crippen MR) is 142 cm³/mol. The Hall–Kier alpha value is -3.56. The number of fused-ring (bicyclic) bond motifs is 1. The highest BCUT2D eigenvalue weighted by Gasteiger charge is 2.33. The molecule has 0 bridgehead atoms. The van der Waals surface area contributed by atoms with Gasteiger partial charge in [0.15, 0.2) is 0 Å². The molecular formula is C29H27F3N2O3S. The van der Waals surface area contributed by atoms with E-state index in [1.807, 2.05) is 42.5 Å². The van der Waals surface area contributed by atoms with Crippen molar-refractivity contribution in [2.45, 2.75) is 31.0 Å². The van der Waals surface area contributed by atoms with E-state index in [-0.39, 0.29) is 18.0 Å². The molecule has 0 N–H and O–H groups in total. The summed E-state index contributed by atoms with van der Waals surface area (Å²) in [7, 11) is -2.44. The Kier molecular flexibility index (Phi) is 6.83. The molecule has 0 unspecified atom stereocenters. The van der Waals surface area contributed by atoms with Gasteiger partial charge in [-0.3, -0.25) is 0 Å². The number of halogens is 3. The van der Waals surface area contributed by atoms with Gasteiger partial charge in [-0.1, -0.05) is 42.5 Å². The van der Waals surface area contributed by atoms with E-state index in [0.717, 1.165) is 51.2 Å². The van der Waals surface area contributed by atoms with Crippen molar-refractivity contribution >= 4 is 26.5 Å². The van der Waals surface area contributed by atoms with Crippen LogP contribution < -0.4 is 4.74 Å². The van der Waals surface area contributed by atoms with Crippen LogP contribution in [0.3, 0.4) is 0 Å². The number of ether oxygens (including phenoxy) is 1. The number of hydrogen-bond donors (Lipinski definition) is 0. The van der Waals surface area contributed by atoms with Crippen LogP contribution in [0.1, 0.15) is 28.8 Å². The van der Waals surface area contributed by atoms with Gasteiger partial charge in [-0.25, -0.2) is 8.42 Å². The highest BCUT2D eigenvalue weighted by Crippen LogP contribution is 2.36. The van der Waals surface area contributed by atoms with Crippen LogP contribution in [-0.4, -0.2) is 37.5 Å². The van der Waals surface area contributed by atoms with Crippen molar-refractivity contribution in [3.8, 4) is 5.75 Å². The largest absolute Gasteiger partial charge is 0.497 e. The van der Waals surface area contributed by atoms with E-state index in [9.17, 15) is 21.6 Å². The molecule has 0 atom stereocenters. The first kappa shape index (κ1) is 26.1. The molecule has 4 aromatic rings. The van der Waals surface area contributed by atoms with Crippen molar-refractivity contribution in [1.82, 2.24) is 8.87 Å². The second kappa shape index (κ2) is 9.96. The van der Waals surface area contributed by atoms with Crippen LogP contribution in [0.5, 0.6) is 5.75 Å². The van der Waals surface area contributed by atoms with Gasteiger partial charge in [0.2, 0.25) is 10.0 Å². The molecule has 5 rings (SSSR count). The zero-order valence-corrected chi connectivity index (χ0v) is 21.8. The smallest absolute Gasteiger partial charge is 0.416 e. The number of nitrogens with zero attached hydrogens (tertiary/aromatic N) is 2. The third-order valence-electron chi connectivity index (χ3n) is 7.02. The third-order valence-corrected chi connectivity index (χ3v) is 8.88. The lowest BCUT2D eigenvalue weighted by atomic mass is 9.97. The SMILES string of the molecule is COc1ccc(Cn2c(C)c(C3=CCN(S(=O)(=O)c4cccc(C(F)(F)F)c4)CC3)c3ccccc32)cc1. The van der Waals surface area contributed by atoms with Gasteiger partial charge < -0.3 is 9.30 Å². The molecule has 2 heterocycles. The molecular weight excluding hydrogens is 513 g/mol. The minimum Gasteiger partial charge on any atom is -0.497 e. The van der Waals surface area contributed by atoms with Gasteiger partial charge in [0, 0.05) is 41.8 Å². The molecule has 3 aromatic carbocycles. The summed E-state index contributed by atoms with van der Waals surface area (Å²) in [5, 5.41) is 1.08. The van der Waals surface area contributed by atoms with Crippen LogP contribution in [0.2, 0.25) is 0 Å². The summed E-state index contributed by atoms with van der Waals surface area (Å²) in [6.45, 7) is 3.00. The Morgan fingerprint density at radius 1 is 0.974 bits per heavy atom. The van der Waals surface area contributed by atoms with Crippen molar-refractivity contribution in [2.75, 3.05) is 20.2 Å². The topological polar surface area (TPSA) is 51.5 Å². The number of aromatic nitrogens is 1. The van der Waals surface area contributed by atoms with Crippen LogP contribution in [0, 0.1) is 6.92 Å². The van der Waals surface area contributed by atoms with Crippen molar-refractivity contribution in [3.05, 3.63) is 101 Å². The Morgan fingerprint density at radius 2 is 1.71 bits per heavy atom. The zero-order valence-electron chi connectivity index (χ0n) is 21.0. The summed E-state index contributed by atoms with van der Waals surface area (Å²) in [5.74, 6) is 0.792. The molecule has 0 saturated carbocycles. The molecule has 38 heavy (non-hydrogen) atoms. The lowest BCUT2D eigenvalue weighted by Crippen LogP contribution is -2.34. The maximum atomic E-state index is 13.2. The molecule has 0 aliphatic carbocycles. The summed E-state index contributed by atoms with van der Waals surface area (Å²) >= 11 is 0. The quantitative estimate of drug-likeness (QED) is 0.280. The molecule has 0 radical (unpaired) electrons. The number of hydrogen-bond acceptors (Lipinski definition) is 3. The van der Waals surface area contributed by atoms with Gasteiger partial charge in [-0.05, 0) is 60.9 Å². The van der Waals surface area contributed by atoms with E-state index in [4.69, 9.17) is 4.74 Å². The van der Waals surface area contributed by atoms with Gasteiger partial charge in [0.1, 0.15) is 5.75 Å². The molecule has 5 nitrogen and oxygen atoms in total. The Labute approximate surface area is 219 Å². The highest BCUT2D eigenvalue weighted by molar-refractivity contribution is 7.89. The van der Waals surface area contributed by atoms with E-state index >= 15 is 0 Å². The monoisotopic (exact) mass is 540 g/mol. The number of alkyl halides is 3. The van der Waals surface area contributed by atoms with Crippen LogP contribution in [0.4, 0.5) is 13.2 Å². The molecule has 9 heteroatoms. The molecule has 0 spiro atoms. The fourth-order valence-electron chi connectivity index (χ4n) is 5.03. The van der Waals surface area contributed by atoms with Gasteiger partial charge in [-0.15, -0.1) is 0 Å². The van der Waals surface area contributed by atoms with E-state index in [1.165, 1.54) is 10.4 Å². The number of benzene rings is 3. The minimum atomic E-state index is -4.61. The van der Waals surface area contributed by atoms with Crippen LogP contribution in [-0.2, 0) is 22.7 Å². The highest BCUT2D eigenvalue weighted by atomic mass is 32.2. The fraction of sp³-hybridized carbons (Fsp3) is 0.241. The van der Waals surface area contributed by atoms with Crippen LogP contribution in [0.25, 0.3) is 16.5 Å². The Balaban J connectivity index is 1.45. The second-order valence-corrected chi connectivity index (χ2v) is 11.2. The molecule has 198 valence electrons. The summed E-state index contributed by atoms with van der Waals surface area (Å²) in [6.07, 6.45) is -2.28. The minimum absolute atomic E-state index is 0.0886. The first-order chi connectivity index (χ1) is 18.1. The van der Waals surface area contributed by atoms with Gasteiger partial charge in [0.05, 0.1) is 17.6 Å². The van der Waals surface area contributed by atoms with Gasteiger partial charge in [-0.2, -0.15) is 17.5 Å². The van der Waals surface area contributed by atoms with Crippen molar-refractivity contribution in [1.29, 1.82) is 0 Å². The third kappa shape index (κ3) is 4.83. The molecule has 1 aliphatic rings. The lowest BCUT2D eigenvalue weighted by molar-refractivity contribution is -0.137. The molecule has 1 aromatic heterocycles. The van der Waals surface area contributed by atoms with Crippen molar-refractivity contribution in [3.63, 3.8) is 0 Å². The summed E-state index contributed by atoms with van der Waals surface area (Å²) < 4.78 is 74.5. The van der Waals surface area contributed by atoms with E-state index in [1.54, 1.807) is 7.11 Å². The number of rotatable bonds is 6. The van der Waals surface area contributed by atoms with E-state index in [0.29, 0.717) is 19.0 Å². The maximum Gasteiger partial charge on any atom is 0.416 e. The predicted octanol–water partition coefficient (Wildman–Crippen LogP) is 6.50. The lowest BCUT2D eigenvalue weighted by Gasteiger charge is -2.26. The van der Waals surface area contributed by atoms with Gasteiger partial charge >= 0.3 is 6.18 Å². The Morgan fingerprint density at radius 3 is 2.37 bits per heavy atom. The zero-order chi connectivity index (χ0) is 27.1. The van der Waals surface area contributed by atoms with E-state index < -0.39 is 21.8 Å². The maximum absolute atomic E-state index is 13.2. The Bertz CT molecular complexity index is 1620. The summed E-state index contributed by atoms with van der Waals surface area (Å²) in [5.41, 5.74) is 4.40. The van der Waals surface area contributed by atoms with E-state index in [2.05, 4.69) is 23.6 Å². The molecule has 0 amide bonds. The summed E-state index contributed by atoms with van der Waals surface area (Å²) in [6, 6.07) is 19.9. The van der Waals surface area contributed by atoms with Crippen molar-refractivity contribution in [2.24, 2.45) is 0 Å². The van der Waals surface area contributed by atoms with Gasteiger partial charge in [0.25, 0.3) is 0 Å². The average Bonchev–Trinajstić information content (AvgIpc) is 3.19. The normalized spacial score (nSPS) is 15.0. The van der Waals surface area contributed by atoms with Crippen LogP contribution >= 0.6 is 0 Å². The van der Waals surface area contributed by atoms with Crippen LogP contribution in [0.15, 0.2) is 83.8 Å². The number of para-hydroxylation sites is 1. The fourth-order valence-corrected chi connectivity index (χ4v) is 6.46. The molecule has 0 saturated heterocycles. The number of sulfonamides is 1. The molecule has 1 aliphatic heterocycles. The summed E-state index contributed by atoms with van der Waals surface area (Å²) in [4.78, 5) is -0.351. The van der Waals surface area contributed by atoms with Crippen molar-refractivity contribution < 1.29 is 26.3 Å². The average molecular weight is 541 g/mol.